The molecule has 6 heavy (non-hydrogen) atoms. The van der Waals surface area contributed by atoms with E-state index in [0.29, 0.717) is 0 Å². The van der Waals surface area contributed by atoms with Gasteiger partial charge in [0.1, 0.15) is 0 Å². The standard InChI is InChI=1S/4ClH.Ge.Sn/h4*1H;;/q;;;;;+4/p-4. The Hall–Kier alpha value is 2.50. The summed E-state index contributed by atoms with van der Waals surface area (Å²) in [5.74, 6) is 0. The Bertz CT molecular complexity index is 23.0. The minimum Gasteiger partial charge on any atom is 0 e. The first kappa shape index (κ1) is 11.3. The number of hydrogen-bond donors (Lipinski definition) is 0. The van der Waals surface area contributed by atoms with Crippen molar-refractivity contribution in [3.8, 4) is 0 Å². The van der Waals surface area contributed by atoms with Crippen LogP contribution in [0.3, 0.4) is 0 Å². The molecular weight excluding hydrogens is 333 g/mol. The molecule has 0 aromatic rings. The summed E-state index contributed by atoms with van der Waals surface area (Å²) in [6.45, 7) is 0. The van der Waals surface area contributed by atoms with E-state index in [9.17, 15) is 0 Å². The van der Waals surface area contributed by atoms with Gasteiger partial charge in [0.2, 0.25) is 0 Å². The third-order valence-corrected chi connectivity index (χ3v) is 0. The Morgan fingerprint density at radius 2 is 0.833 bits per heavy atom. The van der Waals surface area contributed by atoms with Crippen molar-refractivity contribution in [2.75, 3.05) is 0 Å². The minimum absolute atomic E-state index is 0. The second-order valence-corrected chi connectivity index (χ2v) is 25.9. The smallest absolute Gasteiger partial charge is 0 e. The molecule has 4 radical (unpaired) electrons. The molecule has 0 rings (SSSR count). The summed E-state index contributed by atoms with van der Waals surface area (Å²) < 4.78 is 0. The van der Waals surface area contributed by atoms with Crippen molar-refractivity contribution in [3.63, 3.8) is 0 Å². The Morgan fingerprint density at radius 1 is 0.833 bits per heavy atom. The number of rotatable bonds is 0. The van der Waals surface area contributed by atoms with Crippen LogP contribution in [-0.4, -0.2) is 31.5 Å². The van der Waals surface area contributed by atoms with Gasteiger partial charge >= 0.3 is 49.6 Å². The van der Waals surface area contributed by atoms with Crippen LogP contribution in [0.1, 0.15) is 0 Å². The third kappa shape index (κ3) is 31.4. The van der Waals surface area contributed by atoms with Crippen LogP contribution in [0.2, 0.25) is 0 Å². The Kier molecular flexibility index (Phi) is 8.28. The quantitative estimate of drug-likeness (QED) is 0.595. The molecule has 6 heteroatoms. The molecule has 0 saturated heterocycles. The van der Waals surface area contributed by atoms with E-state index >= 15 is 0 Å². The van der Waals surface area contributed by atoms with E-state index in [1.807, 2.05) is 0 Å². The van der Waals surface area contributed by atoms with Crippen molar-refractivity contribution < 1.29 is 0 Å². The van der Waals surface area contributed by atoms with Gasteiger partial charge in [-0.25, -0.2) is 0 Å². The molecule has 0 unspecified atom stereocenters. The van der Waals surface area contributed by atoms with Crippen molar-refractivity contribution in [1.29, 1.82) is 0 Å². The maximum atomic E-state index is 5.04. The Labute approximate surface area is 66.2 Å². The molecule has 0 aliphatic rings. The molecule has 0 N–H and O–H groups in total. The van der Waals surface area contributed by atoms with Gasteiger partial charge in [0.15, 0.2) is 0 Å². The van der Waals surface area contributed by atoms with E-state index < -0.39 is 13.9 Å². The molecule has 0 heterocycles. The van der Waals surface area contributed by atoms with Gasteiger partial charge in [0, 0.05) is 17.6 Å². The molecule has 0 fully saturated rings. The molecule has 0 bridgehead atoms. The molecule has 0 atom stereocenters. The first-order valence-electron chi connectivity index (χ1n) is 0.756. The first-order chi connectivity index (χ1) is 2.00. The van der Waals surface area contributed by atoms with E-state index in [-0.39, 0.29) is 17.6 Å². The van der Waals surface area contributed by atoms with E-state index in [0.717, 1.165) is 0 Å². The van der Waals surface area contributed by atoms with Crippen LogP contribution in [0.5, 0.6) is 0 Å². The molecule has 0 saturated carbocycles. The fourth-order valence-corrected chi connectivity index (χ4v) is 0. The normalized spacial score (nSPS) is 10.0. The van der Waals surface area contributed by atoms with Gasteiger partial charge in [-0.1, -0.05) is 0 Å². The zero-order valence-corrected chi connectivity index (χ0v) is 10.5. The van der Waals surface area contributed by atoms with Crippen molar-refractivity contribution in [2.24, 2.45) is 0 Å². The van der Waals surface area contributed by atoms with Crippen LogP contribution in [-0.2, 0) is 0 Å². The number of hydrogen-bond acceptors (Lipinski definition) is 0. The average Bonchev–Trinajstić information content (AvgIpc) is 0.722. The van der Waals surface area contributed by atoms with Crippen molar-refractivity contribution in [2.45, 2.75) is 0 Å². The second-order valence-electron chi connectivity index (χ2n) is 0.429. The minimum atomic E-state index is -3.29. The predicted molar refractivity (Wildman–Crippen MR) is 34.9 cm³/mol. The van der Waals surface area contributed by atoms with Gasteiger partial charge in [-0.3, -0.25) is 0 Å². The zero-order valence-electron chi connectivity index (χ0n) is 2.51. The first-order valence-corrected chi connectivity index (χ1v) is 15.2. The molecular formula is Cl4GeSn. The molecule has 36 valence electrons. The predicted octanol–water partition coefficient (Wildman–Crippen LogP) is 2.00. The van der Waals surface area contributed by atoms with Crippen LogP contribution in [0.15, 0.2) is 0 Å². The van der Waals surface area contributed by atoms with Crippen LogP contribution in [0.25, 0.3) is 0 Å². The average molecular weight is 333 g/mol. The van der Waals surface area contributed by atoms with Crippen LogP contribution >= 0.6 is 35.7 Å². The van der Waals surface area contributed by atoms with Crippen molar-refractivity contribution >= 4 is 67.2 Å². The summed E-state index contributed by atoms with van der Waals surface area (Å²) >= 11 is -3.29. The van der Waals surface area contributed by atoms with Crippen LogP contribution < -0.4 is 0 Å². The summed E-state index contributed by atoms with van der Waals surface area (Å²) in [5.41, 5.74) is 0. The third-order valence-electron chi connectivity index (χ3n) is 0. The fourth-order valence-electron chi connectivity index (χ4n) is 0. The molecule has 0 aliphatic heterocycles. The monoisotopic (exact) mass is 334 g/mol. The summed E-state index contributed by atoms with van der Waals surface area (Å²) in [6, 6.07) is 0. The second kappa shape index (κ2) is 4.39. The van der Waals surface area contributed by atoms with Gasteiger partial charge in [-0.2, -0.15) is 0 Å². The van der Waals surface area contributed by atoms with Crippen LogP contribution in [0.4, 0.5) is 0 Å². The van der Waals surface area contributed by atoms with Crippen molar-refractivity contribution in [1.82, 2.24) is 0 Å². The van der Waals surface area contributed by atoms with Gasteiger partial charge in [-0.05, 0) is 0 Å². The van der Waals surface area contributed by atoms with E-state index in [1.165, 1.54) is 0 Å². The topological polar surface area (TPSA) is 0 Å². The van der Waals surface area contributed by atoms with Crippen molar-refractivity contribution in [3.05, 3.63) is 0 Å². The van der Waals surface area contributed by atoms with Gasteiger partial charge in [0.25, 0.3) is 0 Å². The van der Waals surface area contributed by atoms with E-state index in [4.69, 9.17) is 35.7 Å². The molecule has 0 aliphatic carbocycles. The summed E-state index contributed by atoms with van der Waals surface area (Å²) in [7, 11) is 20.1. The zero-order chi connectivity index (χ0) is 4.50. The summed E-state index contributed by atoms with van der Waals surface area (Å²) in [5, 5.41) is 0. The fraction of sp³-hybridized carbons (Fsp3) is 0. The Balaban J connectivity index is 0. The van der Waals surface area contributed by atoms with Gasteiger partial charge in [0.05, 0.1) is 0 Å². The van der Waals surface area contributed by atoms with Gasteiger partial charge < -0.3 is 0 Å². The molecule has 0 aromatic carbocycles. The molecule has 0 amide bonds. The summed E-state index contributed by atoms with van der Waals surface area (Å²) in [4.78, 5) is 0. The largest absolute Gasteiger partial charge is 0 e. The molecule has 0 spiro atoms. The van der Waals surface area contributed by atoms with Gasteiger partial charge in [-0.15, -0.1) is 0 Å². The SMILES string of the molecule is [Cl][Sn]([Cl])([Cl])[Cl].[Ge]. The maximum Gasteiger partial charge on any atom is 0 e. The van der Waals surface area contributed by atoms with E-state index in [1.54, 1.807) is 0 Å². The number of halogens is 4. The maximum absolute atomic E-state index is 5.04. The molecule has 0 aromatic heterocycles. The van der Waals surface area contributed by atoms with E-state index in [2.05, 4.69) is 0 Å². The van der Waals surface area contributed by atoms with Crippen LogP contribution in [0, 0.1) is 0 Å². The molecule has 0 nitrogen and oxygen atoms in total. The Morgan fingerprint density at radius 3 is 0.833 bits per heavy atom. The summed E-state index contributed by atoms with van der Waals surface area (Å²) in [6.07, 6.45) is 0.